The first-order valence-electron chi connectivity index (χ1n) is 1.67. The van der Waals surface area contributed by atoms with Crippen LogP contribution in [0.25, 0.3) is 5.73 Å². The summed E-state index contributed by atoms with van der Waals surface area (Å²) in [6.07, 6.45) is 0. The van der Waals surface area contributed by atoms with Gasteiger partial charge < -0.3 is 11.5 Å². The van der Waals surface area contributed by atoms with Crippen LogP contribution in [-0.2, 0) is 7.31 Å². The maximum absolute atomic E-state index is 8.89. The third kappa shape index (κ3) is 381. The molecule has 3 N–H and O–H groups in total. The van der Waals surface area contributed by atoms with Crippen LogP contribution in [0.4, 0.5) is 4.79 Å². The fourth-order valence-corrected chi connectivity index (χ4v) is 0. The third-order valence-electron chi connectivity index (χ3n) is 0. The number of nitrogens with one attached hydrogen (secondary N) is 1. The zero-order chi connectivity index (χ0) is 9.99. The number of rotatable bonds is 0. The van der Waals surface area contributed by atoms with Crippen molar-refractivity contribution in [2.24, 2.45) is 5.73 Å². The van der Waals surface area contributed by atoms with Gasteiger partial charge in [-0.05, 0) is 0 Å². The average Bonchev–Trinajstić information content (AvgIpc) is 1.11. The molecule has 10 heteroatoms. The van der Waals surface area contributed by atoms with E-state index in [1.165, 1.54) is 0 Å². The summed E-state index contributed by atoms with van der Waals surface area (Å²) in [6, 6.07) is -1.08. The Hall–Kier alpha value is 1.70. The number of nitrogens with two attached hydrogens (primary N) is 1. The Kier molecular flexibility index (Phi) is 4.76. The Morgan fingerprint density at radius 2 is 1.09 bits per heavy atom. The van der Waals surface area contributed by atoms with E-state index in [0.29, 0.717) is 0 Å². The van der Waals surface area contributed by atoms with Crippen LogP contribution >= 0.6 is 56.5 Å². The summed E-state index contributed by atoms with van der Waals surface area (Å²) in [5.74, 6) is 0. The number of carbonyl (C=O) groups excluding carboxylic acids is 1. The molecular weight excluding hydrogens is 365 g/mol. The van der Waals surface area contributed by atoms with Crippen LogP contribution in [0.1, 0.15) is 0 Å². The molecule has 0 spiro atoms. The van der Waals surface area contributed by atoms with Crippen LogP contribution in [0.3, 0.4) is 0 Å². The molecule has 0 aromatic carbocycles. The summed E-state index contributed by atoms with van der Waals surface area (Å²) >= 11 is 0. The normalized spacial score (nSPS) is 16.9. The molecule has 0 aliphatic carbocycles. The Balaban J connectivity index is 0. The van der Waals surface area contributed by atoms with Gasteiger partial charge in [-0.1, -0.05) is 0 Å². The van der Waals surface area contributed by atoms with E-state index in [4.69, 9.17) is 67.0 Å². The molecule has 0 rings (SSSR count). The zero-order valence-corrected chi connectivity index (χ0v) is 11.2. The van der Waals surface area contributed by atoms with Crippen molar-refractivity contribution in [2.45, 2.75) is 0 Å². The molecule has 72 valence electrons. The average molecular weight is 368 g/mol. The van der Waals surface area contributed by atoms with Crippen LogP contribution in [0.5, 0.6) is 0 Å². The second-order valence-electron chi connectivity index (χ2n) is 1.24. The van der Waals surface area contributed by atoms with E-state index >= 15 is 0 Å². The van der Waals surface area contributed by atoms with Gasteiger partial charge in [-0.15, -0.1) is 0 Å². The van der Waals surface area contributed by atoms with Gasteiger partial charge in [-0.2, -0.15) is 0 Å². The first kappa shape index (κ1) is 15.2. The summed E-state index contributed by atoms with van der Waals surface area (Å²) < 4.78 is 0. The van der Waals surface area contributed by atoms with E-state index < -0.39 is 13.3 Å². The minimum absolute atomic E-state index is 1.08. The SMILES string of the molecule is [Cl][Mo]([Cl])([Cl])([Cl])([Cl])[Cl].[NH-]C(N)=O. The maximum Gasteiger partial charge on any atom is 0.147 e. The number of primary amides is 1. The van der Waals surface area contributed by atoms with Crippen LogP contribution < -0.4 is 5.73 Å². The van der Waals surface area contributed by atoms with Gasteiger partial charge in [0.15, 0.2) is 0 Å². The number of amides is 2. The first-order chi connectivity index (χ1) is 4.18. The fraction of sp³-hybridized carbons (Fsp3) is 0. The van der Waals surface area contributed by atoms with Crippen molar-refractivity contribution < 1.29 is 12.1 Å². The van der Waals surface area contributed by atoms with Crippen molar-refractivity contribution in [3.8, 4) is 0 Å². The molecule has 0 radical (unpaired) electrons. The van der Waals surface area contributed by atoms with Gasteiger partial charge in [0.1, 0.15) is 6.03 Å². The number of hydrogen-bond acceptors (Lipinski definition) is 1. The molecule has 0 aromatic heterocycles. The topological polar surface area (TPSA) is 66.9 Å². The van der Waals surface area contributed by atoms with E-state index in [1.807, 2.05) is 0 Å². The molecule has 0 aromatic rings. The van der Waals surface area contributed by atoms with Crippen molar-refractivity contribution in [2.75, 3.05) is 0 Å². The van der Waals surface area contributed by atoms with E-state index in [0.717, 1.165) is 0 Å². The van der Waals surface area contributed by atoms with Crippen molar-refractivity contribution in [1.29, 1.82) is 0 Å². The predicted molar refractivity (Wildman–Crippen MR) is 49.0 cm³/mol. The monoisotopic (exact) mass is 367 g/mol. The smallest absolute Gasteiger partial charge is 0.147 e. The summed E-state index contributed by atoms with van der Waals surface area (Å²) in [5, 5.41) is 0. The Morgan fingerprint density at radius 1 is 1.09 bits per heavy atom. The van der Waals surface area contributed by atoms with Crippen molar-refractivity contribution >= 4 is 62.5 Å². The summed E-state index contributed by atoms with van der Waals surface area (Å²) in [7, 11) is 25.0. The Labute approximate surface area is 85.2 Å². The summed E-state index contributed by atoms with van der Waals surface area (Å²) in [6.45, 7) is 0. The Bertz CT molecular complexity index is 138. The standard InChI is InChI=1S/CH4N2O.6ClH.Mo/c2-1(3)4;;;;;;;/h(H4,2,3,4);6*1H;/q;;;;;;;+6/p-7. The largest absolute Gasteiger partial charge is 0.463 e. The molecule has 0 aliphatic heterocycles. The van der Waals surface area contributed by atoms with Crippen LogP contribution in [0.2, 0.25) is 0 Å². The second kappa shape index (κ2) is 3.45. The minimum Gasteiger partial charge on any atom is -0.463 e. The summed E-state index contributed by atoms with van der Waals surface area (Å²) in [4.78, 5) is 8.89. The minimum atomic E-state index is -5.35. The molecule has 11 heavy (non-hydrogen) atoms. The van der Waals surface area contributed by atoms with Gasteiger partial charge in [0, 0.05) is 0 Å². The molecule has 3 nitrogen and oxygen atoms in total. The van der Waals surface area contributed by atoms with E-state index in [-0.39, 0.29) is 0 Å². The molecule has 0 heterocycles. The third-order valence-corrected chi connectivity index (χ3v) is 0. The van der Waals surface area contributed by atoms with Gasteiger partial charge in [-0.25, -0.2) is 0 Å². The predicted octanol–water partition coefficient (Wildman–Crippen LogP) is 4.25. The zero-order valence-electron chi connectivity index (χ0n) is 4.66. The van der Waals surface area contributed by atoms with E-state index in [2.05, 4.69) is 5.73 Å². The van der Waals surface area contributed by atoms with Crippen molar-refractivity contribution in [1.82, 2.24) is 0 Å². The van der Waals surface area contributed by atoms with Gasteiger partial charge in [0.05, 0.1) is 0 Å². The van der Waals surface area contributed by atoms with Gasteiger partial charge in [0.2, 0.25) is 0 Å². The maximum atomic E-state index is 8.89. The van der Waals surface area contributed by atoms with Crippen molar-refractivity contribution in [3.05, 3.63) is 5.73 Å². The van der Waals surface area contributed by atoms with Gasteiger partial charge in [-0.3, -0.25) is 4.79 Å². The second-order valence-corrected chi connectivity index (χ2v) is 46.9. The van der Waals surface area contributed by atoms with Crippen LogP contribution in [0.15, 0.2) is 0 Å². The van der Waals surface area contributed by atoms with Crippen LogP contribution in [0, 0.1) is 0 Å². The van der Waals surface area contributed by atoms with Crippen LogP contribution in [-0.4, -0.2) is 6.03 Å². The molecule has 0 saturated carbocycles. The van der Waals surface area contributed by atoms with E-state index in [9.17, 15) is 0 Å². The number of hydrogen-bond donors (Lipinski definition) is 1. The fourth-order valence-electron chi connectivity index (χ4n) is 0. The quantitative estimate of drug-likeness (QED) is 0.639. The van der Waals surface area contributed by atoms with Gasteiger partial charge in [0.25, 0.3) is 0 Å². The van der Waals surface area contributed by atoms with Crippen molar-refractivity contribution in [3.63, 3.8) is 0 Å². The summed E-state index contributed by atoms with van der Waals surface area (Å²) in [5.41, 5.74) is 9.86. The number of urea groups is 1. The molecule has 0 saturated heterocycles. The molecule has 0 atom stereocenters. The van der Waals surface area contributed by atoms with Gasteiger partial charge >= 0.3 is 63.8 Å². The Morgan fingerprint density at radius 3 is 1.09 bits per heavy atom. The molecule has 0 unspecified atom stereocenters. The molecule has 0 fully saturated rings. The molecule has 0 bridgehead atoms. The molecular formula is CH3Cl6MoN2O-. The number of carbonyl (C=O) groups is 1. The first-order valence-corrected chi connectivity index (χ1v) is 17.2. The number of halogens is 6. The molecule has 0 aliphatic rings. The van der Waals surface area contributed by atoms with E-state index in [1.54, 1.807) is 0 Å². The molecule has 2 amide bonds.